The van der Waals surface area contributed by atoms with Gasteiger partial charge in [-0.15, -0.1) is 0 Å². The fourth-order valence-corrected chi connectivity index (χ4v) is 4.65. The Labute approximate surface area is 166 Å². The molecule has 0 bridgehead atoms. The SMILES string of the molecule is C[C@H]1CN(C(=O)C2CCC(N)CC2)[C@@H](C)C[C@H]1NC(=O)c1cc(C2CC2)on1. The standard InChI is InChI=1S/C21H32N4O3/c1-12-11-25(21(27)15-5-7-16(22)8-6-15)13(2)9-17(12)23-20(26)18-10-19(28-24-18)14-3-4-14/h10,12-17H,3-9,11,22H2,1-2H3,(H,23,26)/t12-,13-,15?,16?,17+/m0/s1. The van der Waals surface area contributed by atoms with Crippen LogP contribution in [0.15, 0.2) is 10.6 Å². The Kier molecular flexibility index (Phi) is 5.45. The quantitative estimate of drug-likeness (QED) is 0.825. The molecule has 7 heteroatoms. The third-order valence-corrected chi connectivity index (χ3v) is 6.76. The van der Waals surface area contributed by atoms with Gasteiger partial charge in [0.25, 0.3) is 5.91 Å². The zero-order valence-electron chi connectivity index (χ0n) is 16.9. The lowest BCUT2D eigenvalue weighted by molar-refractivity contribution is -0.141. The number of nitrogens with zero attached hydrogens (tertiary/aromatic N) is 2. The van der Waals surface area contributed by atoms with Crippen LogP contribution in [-0.2, 0) is 4.79 Å². The van der Waals surface area contributed by atoms with E-state index in [4.69, 9.17) is 10.3 Å². The molecule has 3 fully saturated rings. The summed E-state index contributed by atoms with van der Waals surface area (Å²) in [6.07, 6.45) is 6.66. The highest BCUT2D eigenvalue weighted by molar-refractivity contribution is 5.92. The first-order valence-corrected chi connectivity index (χ1v) is 10.8. The van der Waals surface area contributed by atoms with Crippen LogP contribution in [0.3, 0.4) is 0 Å². The van der Waals surface area contributed by atoms with Gasteiger partial charge in [-0.2, -0.15) is 0 Å². The highest BCUT2D eigenvalue weighted by Gasteiger charge is 2.38. The number of amides is 2. The zero-order valence-corrected chi connectivity index (χ0v) is 16.9. The monoisotopic (exact) mass is 388 g/mol. The number of carbonyl (C=O) groups is 2. The number of aromatic nitrogens is 1. The number of hydrogen-bond acceptors (Lipinski definition) is 5. The second-order valence-electron chi connectivity index (χ2n) is 9.13. The summed E-state index contributed by atoms with van der Waals surface area (Å²) < 4.78 is 5.30. The molecule has 7 nitrogen and oxygen atoms in total. The van der Waals surface area contributed by atoms with Crippen LogP contribution < -0.4 is 11.1 Å². The van der Waals surface area contributed by atoms with Crippen molar-refractivity contribution in [3.63, 3.8) is 0 Å². The van der Waals surface area contributed by atoms with Crippen LogP contribution in [0.2, 0.25) is 0 Å². The van der Waals surface area contributed by atoms with E-state index < -0.39 is 0 Å². The Balaban J connectivity index is 1.33. The van der Waals surface area contributed by atoms with Gasteiger partial charge in [0.05, 0.1) is 0 Å². The molecule has 0 unspecified atom stereocenters. The first kappa shape index (κ1) is 19.4. The number of hydrogen-bond donors (Lipinski definition) is 2. The van der Waals surface area contributed by atoms with E-state index in [1.807, 2.05) is 4.90 Å². The lowest BCUT2D eigenvalue weighted by Crippen LogP contribution is -2.56. The van der Waals surface area contributed by atoms with Crippen molar-refractivity contribution in [1.82, 2.24) is 15.4 Å². The predicted octanol–water partition coefficient (Wildman–Crippen LogP) is 2.42. The minimum absolute atomic E-state index is 0.0346. The van der Waals surface area contributed by atoms with Crippen LogP contribution in [0.1, 0.15) is 81.0 Å². The van der Waals surface area contributed by atoms with Crippen LogP contribution in [-0.4, -0.2) is 46.5 Å². The summed E-state index contributed by atoms with van der Waals surface area (Å²) in [6.45, 7) is 4.87. The average molecular weight is 389 g/mol. The van der Waals surface area contributed by atoms with Gasteiger partial charge in [0.1, 0.15) is 5.76 Å². The molecule has 1 saturated heterocycles. The minimum Gasteiger partial charge on any atom is -0.360 e. The van der Waals surface area contributed by atoms with Crippen molar-refractivity contribution in [3.8, 4) is 0 Å². The van der Waals surface area contributed by atoms with E-state index in [9.17, 15) is 9.59 Å². The molecule has 3 N–H and O–H groups in total. The highest BCUT2D eigenvalue weighted by Crippen LogP contribution is 2.40. The molecule has 4 rings (SSSR count). The predicted molar refractivity (Wildman–Crippen MR) is 105 cm³/mol. The van der Waals surface area contributed by atoms with Crippen molar-refractivity contribution in [2.75, 3.05) is 6.54 Å². The van der Waals surface area contributed by atoms with Crippen molar-refractivity contribution in [3.05, 3.63) is 17.5 Å². The average Bonchev–Trinajstić information content (AvgIpc) is 3.41. The van der Waals surface area contributed by atoms with Crippen LogP contribution in [0, 0.1) is 11.8 Å². The molecular formula is C21H32N4O3. The molecule has 0 radical (unpaired) electrons. The normalized spacial score (nSPS) is 33.5. The van der Waals surface area contributed by atoms with E-state index >= 15 is 0 Å². The van der Waals surface area contributed by atoms with Gasteiger partial charge in [0.15, 0.2) is 5.69 Å². The second kappa shape index (κ2) is 7.85. The summed E-state index contributed by atoms with van der Waals surface area (Å²) in [6, 6.07) is 2.17. The van der Waals surface area contributed by atoms with E-state index in [2.05, 4.69) is 24.3 Å². The maximum atomic E-state index is 13.0. The third kappa shape index (κ3) is 4.09. The second-order valence-corrected chi connectivity index (χ2v) is 9.13. The van der Waals surface area contributed by atoms with Crippen molar-refractivity contribution >= 4 is 11.8 Å². The number of rotatable bonds is 4. The van der Waals surface area contributed by atoms with Gasteiger partial charge < -0.3 is 20.5 Å². The van der Waals surface area contributed by atoms with Crippen LogP contribution >= 0.6 is 0 Å². The number of nitrogens with one attached hydrogen (secondary N) is 1. The molecule has 2 heterocycles. The van der Waals surface area contributed by atoms with Gasteiger partial charge in [0.2, 0.25) is 5.91 Å². The van der Waals surface area contributed by atoms with Crippen LogP contribution in [0.4, 0.5) is 0 Å². The Morgan fingerprint density at radius 3 is 2.57 bits per heavy atom. The fraction of sp³-hybridized carbons (Fsp3) is 0.762. The number of likely N-dealkylation sites (tertiary alicyclic amines) is 1. The molecule has 28 heavy (non-hydrogen) atoms. The fourth-order valence-electron chi connectivity index (χ4n) is 4.65. The Morgan fingerprint density at radius 2 is 1.89 bits per heavy atom. The van der Waals surface area contributed by atoms with Gasteiger partial charge in [-0.1, -0.05) is 12.1 Å². The van der Waals surface area contributed by atoms with Crippen LogP contribution in [0.25, 0.3) is 0 Å². The van der Waals surface area contributed by atoms with Gasteiger partial charge in [-0.05, 0) is 57.8 Å². The topological polar surface area (TPSA) is 101 Å². The maximum absolute atomic E-state index is 13.0. The number of nitrogens with two attached hydrogens (primary N) is 1. The molecule has 2 saturated carbocycles. The first-order chi connectivity index (χ1) is 13.4. The third-order valence-electron chi connectivity index (χ3n) is 6.76. The molecular weight excluding hydrogens is 356 g/mol. The zero-order chi connectivity index (χ0) is 19.8. The van der Waals surface area contributed by atoms with Crippen molar-refractivity contribution in [2.45, 2.75) is 82.8 Å². The van der Waals surface area contributed by atoms with Crippen LogP contribution in [0.5, 0.6) is 0 Å². The summed E-state index contributed by atoms with van der Waals surface area (Å²) in [7, 11) is 0. The molecule has 0 spiro atoms. The smallest absolute Gasteiger partial charge is 0.273 e. The van der Waals surface area contributed by atoms with Gasteiger partial charge >= 0.3 is 0 Å². The van der Waals surface area contributed by atoms with E-state index in [-0.39, 0.29) is 41.8 Å². The molecule has 0 aromatic carbocycles. The summed E-state index contributed by atoms with van der Waals surface area (Å²) in [5.41, 5.74) is 6.34. The maximum Gasteiger partial charge on any atom is 0.273 e. The summed E-state index contributed by atoms with van der Waals surface area (Å²) in [4.78, 5) is 27.6. The minimum atomic E-state index is -0.180. The molecule has 2 amide bonds. The lowest BCUT2D eigenvalue weighted by atomic mass is 9.83. The summed E-state index contributed by atoms with van der Waals surface area (Å²) >= 11 is 0. The Bertz CT molecular complexity index is 721. The van der Waals surface area contributed by atoms with Crippen molar-refractivity contribution in [2.24, 2.45) is 17.6 Å². The molecule has 1 aromatic rings. The molecule has 3 atom stereocenters. The molecule has 1 aliphatic heterocycles. The van der Waals surface area contributed by atoms with Gasteiger partial charge in [-0.3, -0.25) is 9.59 Å². The van der Waals surface area contributed by atoms with E-state index in [0.717, 1.165) is 50.7 Å². The number of carbonyl (C=O) groups excluding carboxylic acids is 2. The number of piperidine rings is 1. The largest absolute Gasteiger partial charge is 0.360 e. The summed E-state index contributed by atoms with van der Waals surface area (Å²) in [5, 5.41) is 7.05. The van der Waals surface area contributed by atoms with Crippen molar-refractivity contribution in [1.29, 1.82) is 0 Å². The molecule has 1 aromatic heterocycles. The first-order valence-electron chi connectivity index (χ1n) is 10.8. The molecule has 3 aliphatic rings. The van der Waals surface area contributed by atoms with Gasteiger partial charge in [-0.25, -0.2) is 0 Å². The summed E-state index contributed by atoms with van der Waals surface area (Å²) in [5.74, 6) is 1.65. The lowest BCUT2D eigenvalue weighted by Gasteiger charge is -2.43. The van der Waals surface area contributed by atoms with E-state index in [0.29, 0.717) is 18.2 Å². The molecule has 154 valence electrons. The Morgan fingerprint density at radius 1 is 1.18 bits per heavy atom. The van der Waals surface area contributed by atoms with Crippen molar-refractivity contribution < 1.29 is 14.1 Å². The van der Waals surface area contributed by atoms with E-state index in [1.54, 1.807) is 6.07 Å². The van der Waals surface area contributed by atoms with E-state index in [1.165, 1.54) is 0 Å². The van der Waals surface area contributed by atoms with Gasteiger partial charge in [0, 0.05) is 42.6 Å². The Hall–Kier alpha value is -1.89. The highest BCUT2D eigenvalue weighted by atomic mass is 16.5. The molecule has 2 aliphatic carbocycles.